The second kappa shape index (κ2) is 8.79. The first-order valence-corrected chi connectivity index (χ1v) is 12.8. The molecule has 0 saturated heterocycles. The Morgan fingerprint density at radius 1 is 1.22 bits per heavy atom. The molecule has 3 fully saturated rings. The number of esters is 1. The second-order valence-electron chi connectivity index (χ2n) is 11.5. The second-order valence-corrected chi connectivity index (χ2v) is 11.5. The molecule has 3 unspecified atom stereocenters. The van der Waals surface area contributed by atoms with Crippen LogP contribution in [0, 0.1) is 28.6 Å². The molecular formula is C27H35F3O6. The summed E-state index contributed by atoms with van der Waals surface area (Å²) in [5.74, 6) is -6.26. The van der Waals surface area contributed by atoms with Gasteiger partial charge in [0.1, 0.15) is 12.8 Å². The van der Waals surface area contributed by atoms with Gasteiger partial charge in [0, 0.05) is 34.7 Å². The van der Waals surface area contributed by atoms with E-state index in [0.717, 1.165) is 18.6 Å². The van der Waals surface area contributed by atoms with E-state index in [-0.39, 0.29) is 19.3 Å². The van der Waals surface area contributed by atoms with Crippen LogP contribution in [-0.4, -0.2) is 57.9 Å². The highest BCUT2D eigenvalue weighted by Crippen LogP contribution is 2.72. The van der Waals surface area contributed by atoms with Crippen LogP contribution in [-0.2, 0) is 19.1 Å². The summed E-state index contributed by atoms with van der Waals surface area (Å²) >= 11 is 0. The minimum absolute atomic E-state index is 0.0559. The summed E-state index contributed by atoms with van der Waals surface area (Å²) in [6, 6.07) is 0. The number of unbranched alkanes of at least 4 members (excludes halogenated alkanes) is 1. The Bertz CT molecular complexity index is 1040. The summed E-state index contributed by atoms with van der Waals surface area (Å²) in [4.78, 5) is 38.1. The van der Waals surface area contributed by atoms with Gasteiger partial charge in [0.25, 0.3) is 0 Å². The van der Waals surface area contributed by atoms with Crippen molar-refractivity contribution in [2.75, 3.05) is 6.61 Å². The SMILES string of the molecule is CCCCC(=O)O[C@]1(C(=O)CO)C(C)C[C@H]2[C@@H]3CC(F)C4=C(F)C(=O)C=C[C@]4(C)[C@@]3(F)C(O)C[C@@]21C. The van der Waals surface area contributed by atoms with Crippen molar-refractivity contribution in [3.05, 3.63) is 23.6 Å². The van der Waals surface area contributed by atoms with Gasteiger partial charge in [-0.1, -0.05) is 33.3 Å². The van der Waals surface area contributed by atoms with E-state index in [1.165, 1.54) is 6.92 Å². The number of hydrogen-bond acceptors (Lipinski definition) is 6. The molecule has 4 aliphatic carbocycles. The predicted molar refractivity (Wildman–Crippen MR) is 124 cm³/mol. The molecule has 9 atom stereocenters. The van der Waals surface area contributed by atoms with Gasteiger partial charge >= 0.3 is 5.97 Å². The van der Waals surface area contributed by atoms with Crippen molar-refractivity contribution < 1.29 is 42.5 Å². The molecule has 0 aliphatic heterocycles. The maximum absolute atomic E-state index is 17.3. The fourth-order valence-electron chi connectivity index (χ4n) is 8.15. The summed E-state index contributed by atoms with van der Waals surface area (Å²) in [6.07, 6.45) is -1.07. The average molecular weight is 513 g/mol. The van der Waals surface area contributed by atoms with Crippen LogP contribution < -0.4 is 0 Å². The number of halogens is 3. The molecule has 0 amide bonds. The van der Waals surface area contributed by atoms with Crippen LogP contribution in [0.1, 0.15) is 66.2 Å². The minimum atomic E-state index is -2.53. The number of rotatable bonds is 6. The van der Waals surface area contributed by atoms with Crippen LogP contribution in [0.15, 0.2) is 23.6 Å². The van der Waals surface area contributed by atoms with Crippen LogP contribution in [0.5, 0.6) is 0 Å². The van der Waals surface area contributed by atoms with Crippen molar-refractivity contribution in [3.63, 3.8) is 0 Å². The third-order valence-corrected chi connectivity index (χ3v) is 9.81. The molecule has 2 N–H and O–H groups in total. The summed E-state index contributed by atoms with van der Waals surface area (Å²) in [6.45, 7) is 5.59. The fraction of sp³-hybridized carbons (Fsp3) is 0.741. The molecule has 0 aromatic heterocycles. The van der Waals surface area contributed by atoms with Crippen LogP contribution >= 0.6 is 0 Å². The Hall–Kier alpha value is -2.00. The molecule has 3 saturated carbocycles. The molecule has 9 heteroatoms. The number of fused-ring (bicyclic) bond motifs is 5. The van der Waals surface area contributed by atoms with Crippen molar-refractivity contribution >= 4 is 17.5 Å². The Morgan fingerprint density at radius 2 is 1.89 bits per heavy atom. The number of Topliss-reactive ketones (excluding diaryl/α,β-unsaturated/α-hetero) is 1. The van der Waals surface area contributed by atoms with Crippen LogP contribution in [0.3, 0.4) is 0 Å². The molecule has 0 spiro atoms. The van der Waals surface area contributed by atoms with E-state index >= 15 is 8.78 Å². The zero-order valence-electron chi connectivity index (χ0n) is 21.2. The van der Waals surface area contributed by atoms with Gasteiger partial charge in [0.2, 0.25) is 11.6 Å². The van der Waals surface area contributed by atoms with E-state index in [9.17, 15) is 29.0 Å². The number of alkyl halides is 2. The van der Waals surface area contributed by atoms with Crippen molar-refractivity contribution in [2.24, 2.45) is 28.6 Å². The number of hydrogen-bond donors (Lipinski definition) is 2. The molecule has 4 aliphatic rings. The van der Waals surface area contributed by atoms with Crippen LogP contribution in [0.4, 0.5) is 13.2 Å². The highest BCUT2D eigenvalue weighted by molar-refractivity contribution is 6.04. The number of aliphatic hydroxyl groups is 2. The van der Waals surface area contributed by atoms with Gasteiger partial charge < -0.3 is 14.9 Å². The maximum atomic E-state index is 17.3. The van der Waals surface area contributed by atoms with Gasteiger partial charge in [0.15, 0.2) is 17.1 Å². The lowest BCUT2D eigenvalue weighted by atomic mass is 9.44. The molecule has 6 nitrogen and oxygen atoms in total. The maximum Gasteiger partial charge on any atom is 0.306 e. The van der Waals surface area contributed by atoms with Gasteiger partial charge in [0.05, 0.1) is 6.10 Å². The van der Waals surface area contributed by atoms with E-state index < -0.39 is 94.1 Å². The highest BCUT2D eigenvalue weighted by atomic mass is 19.2. The zero-order valence-corrected chi connectivity index (χ0v) is 21.2. The predicted octanol–water partition coefficient (Wildman–Crippen LogP) is 3.88. The molecule has 0 heterocycles. The van der Waals surface area contributed by atoms with Gasteiger partial charge in [-0.2, -0.15) is 0 Å². The summed E-state index contributed by atoms with van der Waals surface area (Å²) in [5, 5.41) is 21.3. The van der Waals surface area contributed by atoms with Gasteiger partial charge in [-0.25, -0.2) is 13.2 Å². The smallest absolute Gasteiger partial charge is 0.306 e. The van der Waals surface area contributed by atoms with Crippen molar-refractivity contribution in [1.82, 2.24) is 0 Å². The third kappa shape index (κ3) is 3.20. The number of ketones is 2. The van der Waals surface area contributed by atoms with Crippen molar-refractivity contribution in [3.8, 4) is 0 Å². The number of allylic oxidation sites excluding steroid dienone is 4. The largest absolute Gasteiger partial charge is 0.450 e. The van der Waals surface area contributed by atoms with Gasteiger partial charge in [-0.15, -0.1) is 0 Å². The number of carbonyl (C=O) groups is 3. The van der Waals surface area contributed by atoms with E-state index in [0.29, 0.717) is 6.42 Å². The molecule has 0 radical (unpaired) electrons. The molecular weight excluding hydrogens is 477 g/mol. The lowest BCUT2D eigenvalue weighted by Gasteiger charge is -2.63. The zero-order chi connectivity index (χ0) is 26.8. The summed E-state index contributed by atoms with van der Waals surface area (Å²) in [7, 11) is 0. The highest BCUT2D eigenvalue weighted by Gasteiger charge is 2.78. The number of carbonyl (C=O) groups excluding carboxylic acids is 3. The van der Waals surface area contributed by atoms with E-state index in [2.05, 4.69) is 0 Å². The summed E-state index contributed by atoms with van der Waals surface area (Å²) in [5.41, 5.74) is -8.18. The first-order chi connectivity index (χ1) is 16.8. The molecule has 36 heavy (non-hydrogen) atoms. The van der Waals surface area contributed by atoms with E-state index in [1.807, 2.05) is 6.92 Å². The van der Waals surface area contributed by atoms with E-state index in [1.54, 1.807) is 13.8 Å². The Kier molecular flexibility index (Phi) is 6.60. The lowest BCUT2D eigenvalue weighted by molar-refractivity contribution is -0.232. The number of ether oxygens (including phenoxy) is 1. The topological polar surface area (TPSA) is 101 Å². The molecule has 0 aromatic carbocycles. The molecule has 0 aromatic rings. The van der Waals surface area contributed by atoms with Crippen molar-refractivity contribution in [1.29, 1.82) is 0 Å². The van der Waals surface area contributed by atoms with Crippen LogP contribution in [0.25, 0.3) is 0 Å². The fourth-order valence-corrected chi connectivity index (χ4v) is 8.15. The number of aliphatic hydroxyl groups excluding tert-OH is 2. The Labute approximate surface area is 209 Å². The monoisotopic (exact) mass is 512 g/mol. The van der Waals surface area contributed by atoms with Crippen LogP contribution in [0.2, 0.25) is 0 Å². The van der Waals surface area contributed by atoms with Gasteiger partial charge in [-0.05, 0) is 44.6 Å². The quantitative estimate of drug-likeness (QED) is 0.524. The Balaban J connectivity index is 1.85. The van der Waals surface area contributed by atoms with Crippen molar-refractivity contribution in [2.45, 2.75) is 89.8 Å². The normalized spacial score (nSPS) is 45.7. The third-order valence-electron chi connectivity index (χ3n) is 9.81. The molecule has 4 rings (SSSR count). The summed E-state index contributed by atoms with van der Waals surface area (Å²) < 4.78 is 53.6. The lowest BCUT2D eigenvalue weighted by Crippen LogP contribution is -2.71. The van der Waals surface area contributed by atoms with E-state index in [4.69, 9.17) is 4.74 Å². The first-order valence-electron chi connectivity index (χ1n) is 12.8. The first kappa shape index (κ1) is 27.0. The van der Waals surface area contributed by atoms with Gasteiger partial charge in [-0.3, -0.25) is 14.4 Å². The average Bonchev–Trinajstić information content (AvgIpc) is 3.03. The molecule has 0 bridgehead atoms. The molecule has 200 valence electrons. The Morgan fingerprint density at radius 3 is 2.50 bits per heavy atom. The standard InChI is InChI=1S/C27H35F3O6/c1-5-6-7-21(35)36-27(20(34)13-31)14(2)10-15-16-11-17(28)22-23(29)18(32)8-9-24(22,3)26(16,30)19(33)12-25(15,27)4/h8-9,14-17,19,31,33H,5-7,10-13H2,1-4H3/t14?,15-,16-,17?,19?,24-,25-,26-,27-/m0/s1. The minimum Gasteiger partial charge on any atom is -0.450 e.